The van der Waals surface area contributed by atoms with Crippen LogP contribution in [0.5, 0.6) is 5.75 Å². The van der Waals surface area contributed by atoms with Gasteiger partial charge in [0.25, 0.3) is 0 Å². The number of primary amides is 1. The largest absolute Gasteiger partial charge is 0.508 e. The first-order valence-corrected chi connectivity index (χ1v) is 5.76. The summed E-state index contributed by atoms with van der Waals surface area (Å²) in [6.07, 6.45) is 0. The van der Waals surface area contributed by atoms with Gasteiger partial charge in [-0.2, -0.15) is 0 Å². The van der Waals surface area contributed by atoms with Crippen LogP contribution in [-0.4, -0.2) is 11.0 Å². The van der Waals surface area contributed by atoms with E-state index in [0.29, 0.717) is 5.69 Å². The quantitative estimate of drug-likeness (QED) is 0.803. The number of amides is 1. The van der Waals surface area contributed by atoms with Gasteiger partial charge in [0, 0.05) is 11.8 Å². The van der Waals surface area contributed by atoms with Gasteiger partial charge in [-0.3, -0.25) is 4.79 Å². The summed E-state index contributed by atoms with van der Waals surface area (Å²) >= 11 is 0. The Hall–Kier alpha value is -2.63. The highest BCUT2D eigenvalue weighted by Crippen LogP contribution is 2.24. The lowest BCUT2D eigenvalue weighted by molar-refractivity contribution is -0.118. The van der Waals surface area contributed by atoms with Gasteiger partial charge in [-0.15, -0.1) is 0 Å². The van der Waals surface area contributed by atoms with Gasteiger partial charge in [-0.05, 0) is 35.9 Å². The van der Waals surface area contributed by atoms with E-state index < -0.39 is 23.6 Å². The van der Waals surface area contributed by atoms with Gasteiger partial charge in [0.15, 0.2) is 0 Å². The number of nitrogens with two attached hydrogens (primary N) is 1. The normalized spacial score (nSPS) is 11.9. The molecule has 1 atom stereocenters. The molecule has 104 valence electrons. The molecule has 2 aromatic carbocycles. The second-order valence-corrected chi connectivity index (χ2v) is 4.23. The summed E-state index contributed by atoms with van der Waals surface area (Å²) in [7, 11) is 0. The first-order valence-electron chi connectivity index (χ1n) is 5.76. The van der Waals surface area contributed by atoms with Crippen LogP contribution in [0, 0.1) is 11.6 Å². The smallest absolute Gasteiger partial charge is 0.244 e. The van der Waals surface area contributed by atoms with Gasteiger partial charge >= 0.3 is 0 Å². The fourth-order valence-electron chi connectivity index (χ4n) is 1.83. The van der Waals surface area contributed by atoms with Gasteiger partial charge in [0.05, 0.1) is 0 Å². The number of carbonyl (C=O) groups is 1. The number of halogens is 2. The fourth-order valence-corrected chi connectivity index (χ4v) is 1.83. The Morgan fingerprint density at radius 2 is 1.90 bits per heavy atom. The Labute approximate surface area is 113 Å². The maximum Gasteiger partial charge on any atom is 0.244 e. The van der Waals surface area contributed by atoms with E-state index in [-0.39, 0.29) is 11.3 Å². The predicted molar refractivity (Wildman–Crippen MR) is 70.0 cm³/mol. The molecule has 0 spiro atoms. The van der Waals surface area contributed by atoms with E-state index in [4.69, 9.17) is 5.73 Å². The fraction of sp³-hybridized carbons (Fsp3) is 0.0714. The first kappa shape index (κ1) is 13.8. The summed E-state index contributed by atoms with van der Waals surface area (Å²) in [6.45, 7) is 0. The lowest BCUT2D eigenvalue weighted by Crippen LogP contribution is -2.27. The molecule has 0 aromatic heterocycles. The van der Waals surface area contributed by atoms with E-state index in [1.165, 1.54) is 30.3 Å². The van der Waals surface area contributed by atoms with E-state index in [1.54, 1.807) is 0 Å². The second kappa shape index (κ2) is 5.56. The molecular formula is C14H12F2N2O2. The van der Waals surface area contributed by atoms with Crippen LogP contribution in [0.15, 0.2) is 42.5 Å². The van der Waals surface area contributed by atoms with Crippen LogP contribution >= 0.6 is 0 Å². The van der Waals surface area contributed by atoms with Crippen molar-refractivity contribution < 1.29 is 18.7 Å². The minimum atomic E-state index is -1.08. The maximum absolute atomic E-state index is 13.3. The summed E-state index contributed by atoms with van der Waals surface area (Å²) < 4.78 is 26.3. The minimum absolute atomic E-state index is 0.152. The average molecular weight is 278 g/mol. The molecule has 6 heteroatoms. The van der Waals surface area contributed by atoms with Crippen molar-refractivity contribution in [1.29, 1.82) is 0 Å². The van der Waals surface area contributed by atoms with Gasteiger partial charge < -0.3 is 16.2 Å². The number of phenols is 1. The van der Waals surface area contributed by atoms with Crippen LogP contribution in [-0.2, 0) is 4.79 Å². The average Bonchev–Trinajstić information content (AvgIpc) is 2.34. The number of nitrogens with one attached hydrogen (secondary N) is 1. The summed E-state index contributed by atoms with van der Waals surface area (Å²) in [4.78, 5) is 11.5. The molecule has 0 radical (unpaired) electrons. The van der Waals surface area contributed by atoms with Crippen molar-refractivity contribution >= 4 is 11.6 Å². The van der Waals surface area contributed by atoms with E-state index in [1.807, 2.05) is 0 Å². The SMILES string of the molecule is NC(=O)C(Nc1cccc(F)c1)c1cc(O)cc(F)c1. The first-order chi connectivity index (χ1) is 9.45. The zero-order chi connectivity index (χ0) is 14.7. The van der Waals surface area contributed by atoms with Gasteiger partial charge in [0.2, 0.25) is 5.91 Å². The lowest BCUT2D eigenvalue weighted by atomic mass is 10.1. The highest BCUT2D eigenvalue weighted by Gasteiger charge is 2.19. The number of anilines is 1. The zero-order valence-electron chi connectivity index (χ0n) is 10.3. The summed E-state index contributed by atoms with van der Waals surface area (Å²) in [6, 6.07) is 7.53. The highest BCUT2D eigenvalue weighted by atomic mass is 19.1. The Morgan fingerprint density at radius 3 is 2.50 bits per heavy atom. The molecule has 0 fully saturated rings. The van der Waals surface area contributed by atoms with Crippen molar-refractivity contribution in [2.75, 3.05) is 5.32 Å². The number of phenolic OH excluding ortho intramolecular Hbond substituents is 1. The van der Waals surface area contributed by atoms with Gasteiger partial charge in [0.1, 0.15) is 23.4 Å². The van der Waals surface area contributed by atoms with E-state index >= 15 is 0 Å². The molecule has 0 saturated heterocycles. The van der Waals surface area contributed by atoms with E-state index in [0.717, 1.165) is 12.1 Å². The van der Waals surface area contributed by atoms with Crippen LogP contribution < -0.4 is 11.1 Å². The molecule has 0 heterocycles. The van der Waals surface area contributed by atoms with Crippen LogP contribution in [0.25, 0.3) is 0 Å². The Morgan fingerprint density at radius 1 is 1.15 bits per heavy atom. The van der Waals surface area contributed by atoms with Gasteiger partial charge in [-0.1, -0.05) is 6.07 Å². The van der Waals surface area contributed by atoms with Crippen LogP contribution in [0.4, 0.5) is 14.5 Å². The number of carbonyl (C=O) groups excluding carboxylic acids is 1. The van der Waals surface area contributed by atoms with Crippen molar-refractivity contribution in [2.45, 2.75) is 6.04 Å². The molecule has 20 heavy (non-hydrogen) atoms. The Kier molecular flexibility index (Phi) is 3.84. The third-order valence-corrected chi connectivity index (χ3v) is 2.66. The third kappa shape index (κ3) is 3.23. The molecule has 1 amide bonds. The van der Waals surface area contributed by atoms with Crippen LogP contribution in [0.1, 0.15) is 11.6 Å². The standard InChI is InChI=1S/C14H12F2N2O2/c15-9-2-1-3-11(6-9)18-13(14(17)20)8-4-10(16)7-12(19)5-8/h1-7,13,18-19H,(H2,17,20). The number of aromatic hydroxyl groups is 1. The van der Waals surface area contributed by atoms with Crippen LogP contribution in [0.3, 0.4) is 0 Å². The zero-order valence-corrected chi connectivity index (χ0v) is 10.3. The van der Waals surface area contributed by atoms with Crippen molar-refractivity contribution in [3.63, 3.8) is 0 Å². The van der Waals surface area contributed by atoms with Gasteiger partial charge in [-0.25, -0.2) is 8.78 Å². The molecule has 4 nitrogen and oxygen atoms in total. The predicted octanol–water partition coefficient (Wildman–Crippen LogP) is 2.31. The summed E-state index contributed by atoms with van der Waals surface area (Å²) in [5, 5.41) is 12.1. The molecule has 0 aliphatic carbocycles. The molecule has 0 bridgehead atoms. The Bertz CT molecular complexity index is 627. The van der Waals surface area contributed by atoms with Crippen LogP contribution in [0.2, 0.25) is 0 Å². The molecule has 0 saturated carbocycles. The minimum Gasteiger partial charge on any atom is -0.508 e. The second-order valence-electron chi connectivity index (χ2n) is 4.23. The lowest BCUT2D eigenvalue weighted by Gasteiger charge is -2.17. The topological polar surface area (TPSA) is 75.4 Å². The maximum atomic E-state index is 13.3. The van der Waals surface area contributed by atoms with E-state index in [2.05, 4.69) is 5.32 Å². The van der Waals surface area contributed by atoms with Crippen molar-refractivity contribution in [2.24, 2.45) is 5.73 Å². The molecule has 0 aliphatic rings. The summed E-state index contributed by atoms with van der Waals surface area (Å²) in [5.74, 6) is -2.29. The molecule has 0 aliphatic heterocycles. The highest BCUT2D eigenvalue weighted by molar-refractivity contribution is 5.84. The van der Waals surface area contributed by atoms with Crippen molar-refractivity contribution in [3.05, 3.63) is 59.7 Å². The Balaban J connectivity index is 2.34. The number of benzene rings is 2. The summed E-state index contributed by atoms with van der Waals surface area (Å²) in [5.41, 5.74) is 5.72. The number of hydrogen-bond acceptors (Lipinski definition) is 3. The van der Waals surface area contributed by atoms with Crippen molar-refractivity contribution in [3.8, 4) is 5.75 Å². The van der Waals surface area contributed by atoms with Crippen molar-refractivity contribution in [1.82, 2.24) is 0 Å². The monoisotopic (exact) mass is 278 g/mol. The molecule has 4 N–H and O–H groups in total. The molecular weight excluding hydrogens is 266 g/mol. The van der Waals surface area contributed by atoms with E-state index in [9.17, 15) is 18.7 Å². The molecule has 2 rings (SSSR count). The number of hydrogen-bond donors (Lipinski definition) is 3. The molecule has 1 unspecified atom stereocenters. The third-order valence-electron chi connectivity index (χ3n) is 2.66. The number of rotatable bonds is 4. The molecule has 2 aromatic rings.